The molecule has 0 fully saturated rings. The molecule has 0 spiro atoms. The van der Waals surface area contributed by atoms with Crippen LogP contribution in [0, 0.1) is 5.82 Å². The summed E-state index contributed by atoms with van der Waals surface area (Å²) in [4.78, 5) is 24.1. The molecule has 8 heteroatoms. The molecular formula is C18H13ClFNO5. The Bertz CT molecular complexity index is 1090. The zero-order chi connectivity index (χ0) is 19.0. The molecule has 1 aromatic heterocycles. The number of carbonyl (C=O) groups excluding carboxylic acids is 1. The Morgan fingerprint density at radius 1 is 1.23 bits per heavy atom. The Labute approximate surface area is 152 Å². The van der Waals surface area contributed by atoms with Crippen molar-refractivity contribution in [2.24, 2.45) is 7.05 Å². The second kappa shape index (κ2) is 6.68. The Hall–Kier alpha value is -3.06. The number of pyridine rings is 1. The zero-order valence-corrected chi connectivity index (χ0v) is 14.5. The Morgan fingerprint density at radius 3 is 2.62 bits per heavy atom. The van der Waals surface area contributed by atoms with Crippen molar-refractivity contribution in [3.05, 3.63) is 63.2 Å². The van der Waals surface area contributed by atoms with Crippen LogP contribution in [0.5, 0.6) is 17.2 Å². The number of ether oxygens (including phenoxy) is 2. The van der Waals surface area contributed by atoms with Crippen molar-refractivity contribution >= 4 is 28.5 Å². The number of aromatic nitrogens is 1. The Balaban J connectivity index is 2.13. The number of aryl methyl sites for hydroxylation is 1. The molecule has 0 saturated carbocycles. The van der Waals surface area contributed by atoms with E-state index in [4.69, 9.17) is 16.3 Å². The van der Waals surface area contributed by atoms with E-state index < -0.39 is 28.7 Å². The van der Waals surface area contributed by atoms with Gasteiger partial charge in [-0.15, -0.1) is 0 Å². The van der Waals surface area contributed by atoms with Gasteiger partial charge in [-0.1, -0.05) is 11.6 Å². The molecule has 0 aliphatic carbocycles. The highest BCUT2D eigenvalue weighted by Crippen LogP contribution is 2.32. The number of nitrogens with zero attached hydrogens (tertiary/aromatic N) is 1. The number of fused-ring (bicyclic) bond motifs is 1. The van der Waals surface area contributed by atoms with Crippen LogP contribution in [0.1, 0.15) is 10.4 Å². The minimum absolute atomic E-state index is 0.0471. The fourth-order valence-electron chi connectivity index (χ4n) is 2.54. The van der Waals surface area contributed by atoms with Gasteiger partial charge in [0.1, 0.15) is 11.5 Å². The number of carbonyl (C=O) groups is 1. The van der Waals surface area contributed by atoms with E-state index in [1.165, 1.54) is 41.9 Å². The van der Waals surface area contributed by atoms with Crippen molar-refractivity contribution in [3.63, 3.8) is 0 Å². The summed E-state index contributed by atoms with van der Waals surface area (Å²) in [7, 11) is 2.55. The van der Waals surface area contributed by atoms with E-state index in [0.29, 0.717) is 5.52 Å². The first kappa shape index (κ1) is 17.8. The summed E-state index contributed by atoms with van der Waals surface area (Å²) < 4.78 is 25.1. The van der Waals surface area contributed by atoms with E-state index in [2.05, 4.69) is 4.74 Å². The monoisotopic (exact) mass is 377 g/mol. The molecule has 6 nitrogen and oxygen atoms in total. The minimum Gasteiger partial charge on any atom is -0.506 e. The Morgan fingerprint density at radius 2 is 1.96 bits per heavy atom. The molecule has 0 aliphatic heterocycles. The highest BCUT2D eigenvalue weighted by atomic mass is 35.5. The van der Waals surface area contributed by atoms with Gasteiger partial charge in [0.05, 0.1) is 12.6 Å². The summed E-state index contributed by atoms with van der Waals surface area (Å²) in [6.45, 7) is 0. The maximum Gasteiger partial charge on any atom is 0.347 e. The second-order valence-electron chi connectivity index (χ2n) is 5.44. The van der Waals surface area contributed by atoms with Crippen molar-refractivity contribution in [2.45, 2.75) is 0 Å². The van der Waals surface area contributed by atoms with Crippen molar-refractivity contribution in [1.29, 1.82) is 0 Å². The molecule has 0 amide bonds. The van der Waals surface area contributed by atoms with Crippen molar-refractivity contribution in [1.82, 2.24) is 4.57 Å². The first-order valence-corrected chi connectivity index (χ1v) is 7.78. The highest BCUT2D eigenvalue weighted by molar-refractivity contribution is 6.30. The molecule has 0 radical (unpaired) electrons. The molecule has 0 bridgehead atoms. The molecule has 2 aromatic carbocycles. The summed E-state index contributed by atoms with van der Waals surface area (Å²) in [6, 6.07) is 8.35. The van der Waals surface area contributed by atoms with Gasteiger partial charge < -0.3 is 19.1 Å². The average Bonchev–Trinajstić information content (AvgIpc) is 2.62. The fraction of sp³-hybridized carbons (Fsp3) is 0.111. The van der Waals surface area contributed by atoms with Gasteiger partial charge in [0, 0.05) is 23.5 Å². The molecular weight excluding hydrogens is 365 g/mol. The van der Waals surface area contributed by atoms with E-state index in [1.54, 1.807) is 0 Å². The maximum absolute atomic E-state index is 13.9. The van der Waals surface area contributed by atoms with Gasteiger partial charge in [0.2, 0.25) is 0 Å². The number of hydrogen-bond donors (Lipinski definition) is 1. The van der Waals surface area contributed by atoms with Crippen LogP contribution >= 0.6 is 11.6 Å². The van der Waals surface area contributed by atoms with Crippen LogP contribution in [0.15, 0.2) is 41.2 Å². The average molecular weight is 378 g/mol. The zero-order valence-electron chi connectivity index (χ0n) is 13.7. The van der Waals surface area contributed by atoms with Crippen LogP contribution in [0.3, 0.4) is 0 Å². The van der Waals surface area contributed by atoms with Crippen molar-refractivity contribution < 1.29 is 23.8 Å². The van der Waals surface area contributed by atoms with E-state index >= 15 is 0 Å². The van der Waals surface area contributed by atoms with E-state index in [0.717, 1.165) is 13.2 Å². The van der Waals surface area contributed by atoms with Crippen LogP contribution in [0.25, 0.3) is 10.9 Å². The van der Waals surface area contributed by atoms with Crippen LogP contribution in [0.2, 0.25) is 5.02 Å². The third-order valence-corrected chi connectivity index (χ3v) is 4.09. The quantitative estimate of drug-likeness (QED) is 0.705. The molecule has 1 heterocycles. The van der Waals surface area contributed by atoms with Gasteiger partial charge in [-0.25, -0.2) is 9.18 Å². The van der Waals surface area contributed by atoms with Crippen LogP contribution in [-0.2, 0) is 11.8 Å². The predicted octanol–water partition coefficient (Wildman–Crippen LogP) is 3.62. The summed E-state index contributed by atoms with van der Waals surface area (Å²) in [5, 5.41) is 10.8. The van der Waals surface area contributed by atoms with Gasteiger partial charge in [-0.3, -0.25) is 4.79 Å². The minimum atomic E-state index is -0.937. The number of benzene rings is 2. The van der Waals surface area contributed by atoms with E-state index in [1.807, 2.05) is 0 Å². The molecule has 3 aromatic rings. The number of halogens is 2. The molecule has 1 N–H and O–H groups in total. The number of rotatable bonds is 3. The molecule has 134 valence electrons. The lowest BCUT2D eigenvalue weighted by Gasteiger charge is -2.13. The SMILES string of the molecule is COC(=O)c1c(O)c2ccc(Oc3ccc(Cl)cc3F)cc2n(C)c1=O. The summed E-state index contributed by atoms with van der Waals surface area (Å²) >= 11 is 5.71. The second-order valence-corrected chi connectivity index (χ2v) is 5.87. The summed E-state index contributed by atoms with van der Waals surface area (Å²) in [6.07, 6.45) is 0. The molecule has 3 rings (SSSR count). The van der Waals surface area contributed by atoms with Crippen molar-refractivity contribution in [3.8, 4) is 17.2 Å². The smallest absolute Gasteiger partial charge is 0.347 e. The van der Waals surface area contributed by atoms with Gasteiger partial charge in [-0.2, -0.15) is 0 Å². The topological polar surface area (TPSA) is 77.8 Å². The maximum atomic E-state index is 13.9. The molecule has 0 saturated heterocycles. The normalized spacial score (nSPS) is 10.8. The van der Waals surface area contributed by atoms with E-state index in [-0.39, 0.29) is 21.9 Å². The number of methoxy groups -OCH3 is 1. The first-order chi connectivity index (χ1) is 12.3. The largest absolute Gasteiger partial charge is 0.506 e. The third-order valence-electron chi connectivity index (χ3n) is 3.85. The lowest BCUT2D eigenvalue weighted by molar-refractivity contribution is 0.0595. The predicted molar refractivity (Wildman–Crippen MR) is 93.7 cm³/mol. The third kappa shape index (κ3) is 2.97. The lowest BCUT2D eigenvalue weighted by atomic mass is 10.1. The van der Waals surface area contributed by atoms with Gasteiger partial charge >= 0.3 is 5.97 Å². The van der Waals surface area contributed by atoms with Gasteiger partial charge in [-0.05, 0) is 30.3 Å². The van der Waals surface area contributed by atoms with Crippen molar-refractivity contribution in [2.75, 3.05) is 7.11 Å². The lowest BCUT2D eigenvalue weighted by Crippen LogP contribution is -2.25. The van der Waals surface area contributed by atoms with Crippen LogP contribution in [-0.4, -0.2) is 22.8 Å². The number of aromatic hydroxyl groups is 1. The highest BCUT2D eigenvalue weighted by Gasteiger charge is 2.22. The standard InChI is InChI=1S/C18H13ClFNO5/c1-21-13-8-10(26-14-6-3-9(19)7-12(14)20)4-5-11(13)16(22)15(17(21)23)18(24)25-2/h3-8,22H,1-2H3. The number of esters is 1. The molecule has 0 unspecified atom stereocenters. The van der Waals surface area contributed by atoms with Crippen LogP contribution < -0.4 is 10.3 Å². The summed E-state index contributed by atoms with van der Waals surface area (Å²) in [5.41, 5.74) is -0.886. The van der Waals surface area contributed by atoms with Gasteiger partial charge in [0.15, 0.2) is 17.1 Å². The first-order valence-electron chi connectivity index (χ1n) is 7.40. The van der Waals surface area contributed by atoms with E-state index in [9.17, 15) is 19.1 Å². The summed E-state index contributed by atoms with van der Waals surface area (Å²) in [5.74, 6) is -1.88. The van der Waals surface area contributed by atoms with Gasteiger partial charge in [0.25, 0.3) is 5.56 Å². The molecule has 0 atom stereocenters. The molecule has 26 heavy (non-hydrogen) atoms. The molecule has 0 aliphatic rings. The number of hydrogen-bond acceptors (Lipinski definition) is 5. The van der Waals surface area contributed by atoms with Crippen LogP contribution in [0.4, 0.5) is 4.39 Å². The Kier molecular flexibility index (Phi) is 4.56. The fourth-order valence-corrected chi connectivity index (χ4v) is 2.70.